The van der Waals surface area contributed by atoms with Gasteiger partial charge in [0.2, 0.25) is 0 Å². The summed E-state index contributed by atoms with van der Waals surface area (Å²) in [6.07, 6.45) is 4.71. The lowest BCUT2D eigenvalue weighted by molar-refractivity contribution is 0.0445. The first-order valence-corrected chi connectivity index (χ1v) is 4.67. The maximum Gasteiger partial charge on any atom is 0.106 e. The lowest BCUT2D eigenvalue weighted by atomic mass is 9.69. The lowest BCUT2D eigenvalue weighted by Gasteiger charge is -2.40. The van der Waals surface area contributed by atoms with Crippen LogP contribution in [0.15, 0.2) is 0 Å². The van der Waals surface area contributed by atoms with E-state index in [2.05, 4.69) is 0 Å². The number of nitrogens with two attached hydrogens (primary N) is 1. The zero-order chi connectivity index (χ0) is 7.84. The van der Waals surface area contributed by atoms with Crippen molar-refractivity contribution in [1.82, 2.24) is 0 Å². The van der Waals surface area contributed by atoms with Crippen LogP contribution in [0, 0.1) is 11.8 Å². The van der Waals surface area contributed by atoms with Gasteiger partial charge in [0.15, 0.2) is 0 Å². The molecular weight excluding hydrogens is 141 g/mol. The summed E-state index contributed by atoms with van der Waals surface area (Å²) in [5, 5.41) is 0. The van der Waals surface area contributed by atoms with Crippen molar-refractivity contribution < 1.29 is 4.39 Å². The molecule has 0 amide bonds. The molecule has 0 spiro atoms. The van der Waals surface area contributed by atoms with Crippen LogP contribution >= 0.6 is 0 Å². The van der Waals surface area contributed by atoms with Gasteiger partial charge in [-0.2, -0.15) is 0 Å². The second-order valence-electron chi connectivity index (χ2n) is 4.13. The SMILES string of the molecule is NC1C[C@H]2CCC[C@H](C1)C2F. The fourth-order valence-electron chi connectivity index (χ4n) is 2.72. The van der Waals surface area contributed by atoms with Gasteiger partial charge < -0.3 is 5.73 Å². The van der Waals surface area contributed by atoms with E-state index in [1.54, 1.807) is 0 Å². The molecule has 2 fully saturated rings. The maximum atomic E-state index is 13.4. The van der Waals surface area contributed by atoms with Gasteiger partial charge in [-0.25, -0.2) is 4.39 Å². The van der Waals surface area contributed by atoms with E-state index in [1.807, 2.05) is 0 Å². The van der Waals surface area contributed by atoms with E-state index in [-0.39, 0.29) is 6.04 Å². The normalized spacial score (nSPS) is 50.7. The molecule has 0 heterocycles. The Labute approximate surface area is 67.2 Å². The summed E-state index contributed by atoms with van der Waals surface area (Å²) in [5.74, 6) is 0.606. The molecule has 11 heavy (non-hydrogen) atoms. The van der Waals surface area contributed by atoms with Crippen molar-refractivity contribution in [3.8, 4) is 0 Å². The topological polar surface area (TPSA) is 26.0 Å². The quantitative estimate of drug-likeness (QED) is 0.570. The summed E-state index contributed by atoms with van der Waals surface area (Å²) < 4.78 is 13.4. The number of alkyl halides is 1. The van der Waals surface area contributed by atoms with E-state index in [0.29, 0.717) is 11.8 Å². The lowest BCUT2D eigenvalue weighted by Crippen LogP contribution is -2.43. The van der Waals surface area contributed by atoms with Crippen LogP contribution in [0.25, 0.3) is 0 Å². The molecule has 2 saturated carbocycles. The molecule has 64 valence electrons. The highest BCUT2D eigenvalue weighted by Gasteiger charge is 2.39. The summed E-state index contributed by atoms with van der Waals surface area (Å²) in [4.78, 5) is 0. The van der Waals surface area contributed by atoms with Crippen LogP contribution in [-0.4, -0.2) is 12.2 Å². The Hall–Kier alpha value is -0.110. The van der Waals surface area contributed by atoms with Crippen molar-refractivity contribution in [2.75, 3.05) is 0 Å². The first kappa shape index (κ1) is 7.53. The zero-order valence-electron chi connectivity index (χ0n) is 6.80. The van der Waals surface area contributed by atoms with E-state index in [0.717, 1.165) is 25.7 Å². The summed E-state index contributed by atoms with van der Waals surface area (Å²) >= 11 is 0. The van der Waals surface area contributed by atoms with Crippen molar-refractivity contribution in [3.05, 3.63) is 0 Å². The highest BCUT2D eigenvalue weighted by Crippen LogP contribution is 2.41. The Kier molecular flexibility index (Phi) is 1.88. The Bertz CT molecular complexity index is 134. The predicted octanol–water partition coefficient (Wildman–Crippen LogP) is 1.86. The molecular formula is C9H16FN. The van der Waals surface area contributed by atoms with Gasteiger partial charge in [0.25, 0.3) is 0 Å². The van der Waals surface area contributed by atoms with Gasteiger partial charge in [-0.05, 0) is 37.5 Å². The first-order chi connectivity index (χ1) is 5.27. The Balaban J connectivity index is 2.07. The Morgan fingerprint density at radius 3 is 2.18 bits per heavy atom. The zero-order valence-corrected chi connectivity index (χ0v) is 6.80. The van der Waals surface area contributed by atoms with E-state index in [9.17, 15) is 4.39 Å². The highest BCUT2D eigenvalue weighted by atomic mass is 19.1. The molecule has 2 rings (SSSR count). The molecule has 0 aliphatic heterocycles. The first-order valence-electron chi connectivity index (χ1n) is 4.67. The average Bonchev–Trinajstić information content (AvgIpc) is 1.92. The van der Waals surface area contributed by atoms with Crippen molar-refractivity contribution >= 4 is 0 Å². The minimum Gasteiger partial charge on any atom is -0.328 e. The van der Waals surface area contributed by atoms with E-state index >= 15 is 0 Å². The Morgan fingerprint density at radius 2 is 1.64 bits per heavy atom. The van der Waals surface area contributed by atoms with Crippen LogP contribution in [-0.2, 0) is 0 Å². The minimum absolute atomic E-state index is 0.289. The van der Waals surface area contributed by atoms with Gasteiger partial charge in [-0.1, -0.05) is 6.42 Å². The number of halogens is 1. The summed E-state index contributed by atoms with van der Waals surface area (Å²) in [7, 11) is 0. The molecule has 2 heteroatoms. The number of fused-ring (bicyclic) bond motifs is 2. The largest absolute Gasteiger partial charge is 0.328 e. The molecule has 2 aliphatic carbocycles. The summed E-state index contributed by atoms with van der Waals surface area (Å²) in [6, 6.07) is 0.289. The van der Waals surface area contributed by atoms with Crippen LogP contribution in [0.2, 0.25) is 0 Å². The molecule has 2 bridgehead atoms. The van der Waals surface area contributed by atoms with Gasteiger partial charge in [0.05, 0.1) is 0 Å². The van der Waals surface area contributed by atoms with Crippen LogP contribution in [0.5, 0.6) is 0 Å². The van der Waals surface area contributed by atoms with Crippen LogP contribution in [0.1, 0.15) is 32.1 Å². The maximum absolute atomic E-state index is 13.4. The van der Waals surface area contributed by atoms with Crippen molar-refractivity contribution in [2.45, 2.75) is 44.3 Å². The molecule has 0 aromatic rings. The number of hydrogen-bond acceptors (Lipinski definition) is 1. The van der Waals surface area contributed by atoms with Crippen molar-refractivity contribution in [3.63, 3.8) is 0 Å². The number of rotatable bonds is 0. The highest BCUT2D eigenvalue weighted by molar-refractivity contribution is 4.91. The second-order valence-corrected chi connectivity index (χ2v) is 4.13. The standard InChI is InChI=1S/C9H16FN/c10-9-6-2-1-3-7(9)5-8(11)4-6/h6-9H,1-5,11H2/t6-,7-,8?,9?/m1/s1. The van der Waals surface area contributed by atoms with E-state index in [4.69, 9.17) is 5.73 Å². The Morgan fingerprint density at radius 1 is 1.09 bits per heavy atom. The fraction of sp³-hybridized carbons (Fsp3) is 1.00. The molecule has 0 unspecified atom stereocenters. The average molecular weight is 157 g/mol. The van der Waals surface area contributed by atoms with E-state index < -0.39 is 6.17 Å². The third-order valence-corrected chi connectivity index (χ3v) is 3.26. The van der Waals surface area contributed by atoms with Crippen molar-refractivity contribution in [1.29, 1.82) is 0 Å². The van der Waals surface area contributed by atoms with Gasteiger partial charge in [-0.3, -0.25) is 0 Å². The van der Waals surface area contributed by atoms with Crippen molar-refractivity contribution in [2.24, 2.45) is 17.6 Å². The molecule has 0 radical (unpaired) electrons. The van der Waals surface area contributed by atoms with Gasteiger partial charge in [0, 0.05) is 6.04 Å². The summed E-state index contributed by atoms with van der Waals surface area (Å²) in [5.41, 5.74) is 5.82. The van der Waals surface area contributed by atoms with Gasteiger partial charge in [-0.15, -0.1) is 0 Å². The third-order valence-electron chi connectivity index (χ3n) is 3.26. The van der Waals surface area contributed by atoms with Crippen LogP contribution in [0.3, 0.4) is 0 Å². The molecule has 2 atom stereocenters. The van der Waals surface area contributed by atoms with Gasteiger partial charge >= 0.3 is 0 Å². The molecule has 0 aromatic heterocycles. The van der Waals surface area contributed by atoms with Crippen LogP contribution < -0.4 is 5.73 Å². The molecule has 1 nitrogen and oxygen atoms in total. The molecule has 2 aliphatic rings. The molecule has 0 aromatic carbocycles. The minimum atomic E-state index is -0.524. The molecule has 0 saturated heterocycles. The summed E-state index contributed by atoms with van der Waals surface area (Å²) in [6.45, 7) is 0. The molecule has 2 N–H and O–H groups in total. The fourth-order valence-corrected chi connectivity index (χ4v) is 2.72. The third kappa shape index (κ3) is 1.28. The number of hydrogen-bond donors (Lipinski definition) is 1. The van der Waals surface area contributed by atoms with E-state index in [1.165, 1.54) is 6.42 Å². The smallest absolute Gasteiger partial charge is 0.106 e. The second kappa shape index (κ2) is 2.74. The monoisotopic (exact) mass is 157 g/mol. The predicted molar refractivity (Wildman–Crippen MR) is 42.9 cm³/mol. The van der Waals surface area contributed by atoms with Gasteiger partial charge in [0.1, 0.15) is 6.17 Å². The van der Waals surface area contributed by atoms with Crippen LogP contribution in [0.4, 0.5) is 4.39 Å².